The number of nitriles is 1. The van der Waals surface area contributed by atoms with Crippen LogP contribution in [0.5, 0.6) is 0 Å². The normalized spacial score (nSPS) is 15.9. The van der Waals surface area contributed by atoms with Gasteiger partial charge in [0.1, 0.15) is 11.1 Å². The number of anilines is 1. The number of hydrogen-bond acceptors (Lipinski definition) is 8. The minimum atomic E-state index is -0.198. The number of nitrogens with zero attached hydrogens (tertiary/aromatic N) is 4. The maximum absolute atomic E-state index is 12.5. The second-order valence-corrected chi connectivity index (χ2v) is 10.6. The fraction of sp³-hybridized carbons (Fsp3) is 0.409. The van der Waals surface area contributed by atoms with Crippen molar-refractivity contribution in [1.29, 1.82) is 5.26 Å². The van der Waals surface area contributed by atoms with E-state index in [9.17, 15) is 10.1 Å². The number of carbonyl (C=O) groups excluding carboxylic acids is 1. The molecule has 4 rings (SSSR count). The highest BCUT2D eigenvalue weighted by Gasteiger charge is 2.32. The lowest BCUT2D eigenvalue weighted by atomic mass is 9.72. The molecule has 0 spiro atoms. The summed E-state index contributed by atoms with van der Waals surface area (Å²) in [6.07, 6.45) is 6.22. The van der Waals surface area contributed by atoms with Gasteiger partial charge in [-0.25, -0.2) is 0 Å². The number of pyridine rings is 1. The minimum absolute atomic E-state index is 0.121. The number of thioether (sulfide) groups is 1. The quantitative estimate of drug-likeness (QED) is 0.545. The fourth-order valence-corrected chi connectivity index (χ4v) is 5.56. The van der Waals surface area contributed by atoms with Gasteiger partial charge in [0.2, 0.25) is 11.8 Å². The van der Waals surface area contributed by atoms with Crippen LogP contribution in [0.2, 0.25) is 0 Å². The third kappa shape index (κ3) is 4.81. The Bertz CT molecular complexity index is 1130. The molecular formula is C22H23N5O2S2. The number of aromatic nitrogens is 3. The average molecular weight is 454 g/mol. The van der Waals surface area contributed by atoms with Crippen molar-refractivity contribution in [2.75, 3.05) is 11.1 Å². The number of amides is 1. The Labute approximate surface area is 189 Å². The van der Waals surface area contributed by atoms with Crippen molar-refractivity contribution in [2.45, 2.75) is 45.3 Å². The Hall–Kier alpha value is -2.70. The van der Waals surface area contributed by atoms with E-state index in [0.717, 1.165) is 30.4 Å². The summed E-state index contributed by atoms with van der Waals surface area (Å²) in [5.41, 5.74) is 2.72. The van der Waals surface area contributed by atoms with E-state index >= 15 is 0 Å². The van der Waals surface area contributed by atoms with Gasteiger partial charge in [-0.1, -0.05) is 32.5 Å². The van der Waals surface area contributed by atoms with Crippen molar-refractivity contribution >= 4 is 34.0 Å². The maximum atomic E-state index is 12.5. The summed E-state index contributed by atoms with van der Waals surface area (Å²) in [7, 11) is 0. The van der Waals surface area contributed by atoms with Crippen LogP contribution in [0.25, 0.3) is 11.5 Å². The van der Waals surface area contributed by atoms with Crippen LogP contribution in [0.15, 0.2) is 34.2 Å². The van der Waals surface area contributed by atoms with Gasteiger partial charge in [0.15, 0.2) is 0 Å². The Balaban J connectivity index is 1.40. The van der Waals surface area contributed by atoms with Crippen LogP contribution in [-0.2, 0) is 17.6 Å². The van der Waals surface area contributed by atoms with Gasteiger partial charge in [0.05, 0.1) is 11.3 Å². The first kappa shape index (κ1) is 21.5. The van der Waals surface area contributed by atoms with Gasteiger partial charge >= 0.3 is 0 Å². The molecule has 0 aromatic carbocycles. The summed E-state index contributed by atoms with van der Waals surface area (Å²) >= 11 is 2.71. The van der Waals surface area contributed by atoms with Crippen LogP contribution >= 0.6 is 23.1 Å². The summed E-state index contributed by atoms with van der Waals surface area (Å²) in [6, 6.07) is 5.86. The van der Waals surface area contributed by atoms with Gasteiger partial charge in [0.25, 0.3) is 5.22 Å². The van der Waals surface area contributed by atoms with E-state index in [-0.39, 0.29) is 17.1 Å². The first-order chi connectivity index (χ1) is 14.8. The van der Waals surface area contributed by atoms with Crippen molar-refractivity contribution in [1.82, 2.24) is 15.2 Å². The highest BCUT2D eigenvalue weighted by Crippen LogP contribution is 2.44. The largest absolute Gasteiger partial charge is 0.411 e. The Morgan fingerprint density at radius 3 is 2.84 bits per heavy atom. The first-order valence-electron chi connectivity index (χ1n) is 10.1. The van der Waals surface area contributed by atoms with Crippen LogP contribution in [0, 0.1) is 22.7 Å². The topological polar surface area (TPSA) is 105 Å². The van der Waals surface area contributed by atoms with Gasteiger partial charge < -0.3 is 9.73 Å². The van der Waals surface area contributed by atoms with Gasteiger partial charge in [0, 0.05) is 22.8 Å². The van der Waals surface area contributed by atoms with E-state index in [1.54, 1.807) is 24.5 Å². The summed E-state index contributed by atoms with van der Waals surface area (Å²) in [5.74, 6) is 0.889. The average Bonchev–Trinajstić information content (AvgIpc) is 3.36. The van der Waals surface area contributed by atoms with E-state index in [1.807, 2.05) is 0 Å². The van der Waals surface area contributed by atoms with Crippen LogP contribution < -0.4 is 5.32 Å². The number of thiophene rings is 1. The first-order valence-corrected chi connectivity index (χ1v) is 11.9. The van der Waals surface area contributed by atoms with Crippen LogP contribution in [0.1, 0.15) is 43.2 Å². The summed E-state index contributed by atoms with van der Waals surface area (Å²) < 4.78 is 5.61. The maximum Gasteiger partial charge on any atom is 0.277 e. The Morgan fingerprint density at radius 1 is 1.35 bits per heavy atom. The van der Waals surface area contributed by atoms with Crippen molar-refractivity contribution < 1.29 is 9.21 Å². The van der Waals surface area contributed by atoms with Gasteiger partial charge in [-0.2, -0.15) is 5.26 Å². The molecule has 7 nitrogen and oxygen atoms in total. The number of hydrogen-bond donors (Lipinski definition) is 1. The molecule has 3 heterocycles. The van der Waals surface area contributed by atoms with E-state index in [2.05, 4.69) is 47.3 Å². The molecule has 0 fully saturated rings. The lowest BCUT2D eigenvalue weighted by molar-refractivity contribution is -0.113. The molecule has 31 heavy (non-hydrogen) atoms. The molecule has 1 amide bonds. The van der Waals surface area contributed by atoms with Crippen molar-refractivity contribution in [3.05, 3.63) is 40.5 Å². The molecule has 1 aliphatic carbocycles. The van der Waals surface area contributed by atoms with Crippen LogP contribution in [0.4, 0.5) is 5.00 Å². The lowest BCUT2D eigenvalue weighted by Gasteiger charge is -2.33. The van der Waals surface area contributed by atoms with E-state index < -0.39 is 0 Å². The second-order valence-electron chi connectivity index (χ2n) is 8.57. The molecule has 3 aromatic rings. The molecule has 0 saturated heterocycles. The van der Waals surface area contributed by atoms with E-state index in [0.29, 0.717) is 27.6 Å². The number of rotatable bonds is 5. The molecule has 1 N–H and O–H groups in total. The molecule has 0 saturated carbocycles. The van der Waals surface area contributed by atoms with Crippen molar-refractivity contribution in [2.24, 2.45) is 11.3 Å². The molecule has 0 bridgehead atoms. The van der Waals surface area contributed by atoms with E-state index in [1.165, 1.54) is 28.0 Å². The van der Waals surface area contributed by atoms with E-state index in [4.69, 9.17) is 4.42 Å². The number of carbonyl (C=O) groups is 1. The van der Waals surface area contributed by atoms with Crippen molar-refractivity contribution in [3.8, 4) is 17.5 Å². The smallest absolute Gasteiger partial charge is 0.277 e. The Kier molecular flexibility index (Phi) is 6.12. The molecule has 0 aliphatic heterocycles. The van der Waals surface area contributed by atoms with Crippen LogP contribution in [0.3, 0.4) is 0 Å². The molecule has 160 valence electrons. The molecule has 3 aromatic heterocycles. The molecule has 1 atom stereocenters. The van der Waals surface area contributed by atoms with Gasteiger partial charge in [-0.3, -0.25) is 9.78 Å². The monoisotopic (exact) mass is 453 g/mol. The number of fused-ring (bicyclic) bond motifs is 1. The summed E-state index contributed by atoms with van der Waals surface area (Å²) in [5, 5.41) is 21.6. The zero-order valence-electron chi connectivity index (χ0n) is 17.6. The summed E-state index contributed by atoms with van der Waals surface area (Å²) in [6.45, 7) is 6.79. The van der Waals surface area contributed by atoms with Gasteiger partial charge in [-0.15, -0.1) is 21.5 Å². The lowest BCUT2D eigenvalue weighted by Crippen LogP contribution is -2.26. The third-order valence-corrected chi connectivity index (χ3v) is 7.50. The minimum Gasteiger partial charge on any atom is -0.411 e. The molecule has 0 unspecified atom stereocenters. The standard InChI is InChI=1S/C22H23N5O2S2/c1-22(2,3)14-4-5-15-16(11-23)20(31-17(15)10-14)25-18(28)12-30-21-27-26-19(29-21)13-6-8-24-9-7-13/h6-9,14H,4-5,10,12H2,1-3H3,(H,25,28)/t14-/m0/s1. The SMILES string of the molecule is CC(C)(C)[C@H]1CCc2c(sc(NC(=O)CSc3nnc(-c4ccncc4)o3)c2C#N)C1. The highest BCUT2D eigenvalue weighted by molar-refractivity contribution is 7.99. The zero-order valence-corrected chi connectivity index (χ0v) is 19.3. The third-order valence-electron chi connectivity index (χ3n) is 5.52. The predicted octanol–water partition coefficient (Wildman–Crippen LogP) is 4.95. The Morgan fingerprint density at radius 2 is 2.13 bits per heavy atom. The second kappa shape index (κ2) is 8.81. The highest BCUT2D eigenvalue weighted by atomic mass is 32.2. The van der Waals surface area contributed by atoms with Crippen molar-refractivity contribution in [3.63, 3.8) is 0 Å². The van der Waals surface area contributed by atoms with Gasteiger partial charge in [-0.05, 0) is 48.3 Å². The fourth-order valence-electron chi connectivity index (χ4n) is 3.70. The predicted molar refractivity (Wildman–Crippen MR) is 121 cm³/mol. The number of nitrogens with one attached hydrogen (secondary N) is 1. The van der Waals surface area contributed by atoms with Crippen LogP contribution in [-0.4, -0.2) is 26.8 Å². The molecule has 9 heteroatoms. The zero-order chi connectivity index (χ0) is 22.0. The molecule has 0 radical (unpaired) electrons. The molecular weight excluding hydrogens is 430 g/mol. The summed E-state index contributed by atoms with van der Waals surface area (Å²) in [4.78, 5) is 17.7. The molecule has 1 aliphatic rings.